The van der Waals surface area contributed by atoms with Crippen molar-refractivity contribution in [2.24, 2.45) is 0 Å². The second kappa shape index (κ2) is 7.53. The molecule has 1 aromatic carbocycles. The highest BCUT2D eigenvalue weighted by Crippen LogP contribution is 2.33. The van der Waals surface area contributed by atoms with Crippen molar-refractivity contribution in [2.45, 2.75) is 57.6 Å². The van der Waals surface area contributed by atoms with E-state index in [1.807, 2.05) is 13.1 Å². The summed E-state index contributed by atoms with van der Waals surface area (Å²) in [7, 11) is 3.68. The number of benzene rings is 1. The summed E-state index contributed by atoms with van der Waals surface area (Å²) in [4.78, 5) is 0. The number of rotatable bonds is 5. The molecule has 3 heteroatoms. The summed E-state index contributed by atoms with van der Waals surface area (Å²) in [5, 5.41) is 3.25. The molecular weight excluding hydrogens is 250 g/mol. The van der Waals surface area contributed by atoms with Crippen molar-refractivity contribution in [2.75, 3.05) is 14.2 Å². The molecule has 0 bridgehead atoms. The highest BCUT2D eigenvalue weighted by Gasteiger charge is 2.16. The molecule has 0 aromatic heterocycles. The zero-order chi connectivity index (χ0) is 14.4. The number of ether oxygens (including phenoxy) is 2. The van der Waals surface area contributed by atoms with Gasteiger partial charge in [-0.1, -0.05) is 18.9 Å². The van der Waals surface area contributed by atoms with Crippen LogP contribution in [0.3, 0.4) is 0 Å². The first kappa shape index (κ1) is 15.2. The minimum atomic E-state index is 0.316. The van der Waals surface area contributed by atoms with Crippen LogP contribution >= 0.6 is 0 Å². The van der Waals surface area contributed by atoms with Gasteiger partial charge in [0.1, 0.15) is 0 Å². The molecule has 3 nitrogen and oxygen atoms in total. The molecule has 1 aromatic rings. The van der Waals surface area contributed by atoms with Crippen LogP contribution in [0.4, 0.5) is 0 Å². The van der Waals surface area contributed by atoms with Crippen LogP contribution in [0.25, 0.3) is 0 Å². The molecule has 0 heterocycles. The second-order valence-corrected chi connectivity index (χ2v) is 5.65. The van der Waals surface area contributed by atoms with E-state index < -0.39 is 0 Å². The van der Waals surface area contributed by atoms with Gasteiger partial charge in [-0.25, -0.2) is 0 Å². The molecule has 112 valence electrons. The van der Waals surface area contributed by atoms with Crippen molar-refractivity contribution in [3.8, 4) is 11.5 Å². The van der Waals surface area contributed by atoms with Crippen LogP contribution in [0.1, 0.15) is 57.1 Å². The topological polar surface area (TPSA) is 30.5 Å². The summed E-state index contributed by atoms with van der Waals surface area (Å²) in [5.74, 6) is 1.72. The summed E-state index contributed by atoms with van der Waals surface area (Å²) < 4.78 is 11.7. The quantitative estimate of drug-likeness (QED) is 0.823. The van der Waals surface area contributed by atoms with Crippen molar-refractivity contribution in [1.29, 1.82) is 0 Å². The molecule has 1 N–H and O–H groups in total. The molecule has 2 rings (SSSR count). The summed E-state index contributed by atoms with van der Waals surface area (Å²) in [6.07, 6.45) is 7.92. The fraction of sp³-hybridized carbons (Fsp3) is 0.647. The lowest BCUT2D eigenvalue weighted by Crippen LogP contribution is -2.16. The van der Waals surface area contributed by atoms with Crippen LogP contribution in [0.2, 0.25) is 0 Å². The van der Waals surface area contributed by atoms with Crippen LogP contribution in [0.15, 0.2) is 18.2 Å². The van der Waals surface area contributed by atoms with Crippen LogP contribution in [-0.4, -0.2) is 20.3 Å². The molecule has 0 amide bonds. The third kappa shape index (κ3) is 3.89. The number of hydrogen-bond donors (Lipinski definition) is 1. The molecule has 0 saturated heterocycles. The van der Waals surface area contributed by atoms with E-state index in [0.717, 1.165) is 24.3 Å². The van der Waals surface area contributed by atoms with Crippen molar-refractivity contribution < 1.29 is 9.47 Å². The lowest BCUT2D eigenvalue weighted by atomic mass is 10.1. The van der Waals surface area contributed by atoms with E-state index in [-0.39, 0.29) is 0 Å². The third-order valence-electron chi connectivity index (χ3n) is 4.22. The predicted octanol–water partition coefficient (Wildman–Crippen LogP) is 4.08. The smallest absolute Gasteiger partial charge is 0.161 e. The van der Waals surface area contributed by atoms with Gasteiger partial charge < -0.3 is 14.8 Å². The molecule has 1 aliphatic carbocycles. The first-order valence-electron chi connectivity index (χ1n) is 7.76. The number of hydrogen-bond acceptors (Lipinski definition) is 3. The van der Waals surface area contributed by atoms with E-state index >= 15 is 0 Å². The number of methoxy groups -OCH3 is 1. The fourth-order valence-electron chi connectivity index (χ4n) is 2.76. The average Bonchev–Trinajstić information content (AvgIpc) is 2.75. The second-order valence-electron chi connectivity index (χ2n) is 5.65. The van der Waals surface area contributed by atoms with E-state index in [1.54, 1.807) is 7.11 Å². The molecule has 0 radical (unpaired) electrons. The van der Waals surface area contributed by atoms with E-state index in [0.29, 0.717) is 12.1 Å². The van der Waals surface area contributed by atoms with Gasteiger partial charge in [-0.3, -0.25) is 0 Å². The van der Waals surface area contributed by atoms with Crippen molar-refractivity contribution in [3.63, 3.8) is 0 Å². The highest BCUT2D eigenvalue weighted by molar-refractivity contribution is 5.43. The minimum absolute atomic E-state index is 0.316. The molecule has 0 spiro atoms. The lowest BCUT2D eigenvalue weighted by Gasteiger charge is -2.20. The Hall–Kier alpha value is -1.22. The van der Waals surface area contributed by atoms with Crippen LogP contribution < -0.4 is 14.8 Å². The zero-order valence-electron chi connectivity index (χ0n) is 12.9. The van der Waals surface area contributed by atoms with E-state index in [2.05, 4.69) is 24.4 Å². The SMILES string of the molecule is CNC(C)c1ccc(OC2CCCCCC2)c(OC)c1. The molecule has 1 fully saturated rings. The molecular formula is C17H27NO2. The summed E-state index contributed by atoms with van der Waals surface area (Å²) in [6, 6.07) is 6.56. The van der Waals surface area contributed by atoms with Gasteiger partial charge >= 0.3 is 0 Å². The van der Waals surface area contributed by atoms with Gasteiger partial charge in [-0.05, 0) is 57.4 Å². The molecule has 0 aliphatic heterocycles. The Labute approximate surface area is 122 Å². The van der Waals surface area contributed by atoms with Gasteiger partial charge in [0.2, 0.25) is 0 Å². The lowest BCUT2D eigenvalue weighted by molar-refractivity contribution is 0.176. The average molecular weight is 277 g/mol. The molecule has 1 unspecified atom stereocenters. The van der Waals surface area contributed by atoms with Gasteiger partial charge in [0.15, 0.2) is 11.5 Å². The minimum Gasteiger partial charge on any atom is -0.493 e. The molecule has 1 atom stereocenters. The maximum atomic E-state index is 6.18. The standard InChI is InChI=1S/C17H27NO2/c1-13(18-2)14-10-11-16(17(12-14)19-3)20-15-8-6-4-5-7-9-15/h10-13,15,18H,4-9H2,1-3H3. The van der Waals surface area contributed by atoms with Crippen molar-refractivity contribution in [1.82, 2.24) is 5.32 Å². The summed E-state index contributed by atoms with van der Waals surface area (Å²) in [6.45, 7) is 2.14. The van der Waals surface area contributed by atoms with E-state index in [4.69, 9.17) is 9.47 Å². The van der Waals surface area contributed by atoms with Crippen LogP contribution in [0.5, 0.6) is 11.5 Å². The highest BCUT2D eigenvalue weighted by atomic mass is 16.5. The maximum Gasteiger partial charge on any atom is 0.161 e. The first-order chi connectivity index (χ1) is 9.74. The van der Waals surface area contributed by atoms with Crippen molar-refractivity contribution >= 4 is 0 Å². The van der Waals surface area contributed by atoms with Gasteiger partial charge in [0.25, 0.3) is 0 Å². The summed E-state index contributed by atoms with van der Waals surface area (Å²) in [5.41, 5.74) is 1.22. The largest absolute Gasteiger partial charge is 0.493 e. The van der Waals surface area contributed by atoms with Gasteiger partial charge in [-0.2, -0.15) is 0 Å². The zero-order valence-corrected chi connectivity index (χ0v) is 12.9. The Kier molecular flexibility index (Phi) is 5.72. The first-order valence-corrected chi connectivity index (χ1v) is 7.76. The number of nitrogens with one attached hydrogen (secondary N) is 1. The Morgan fingerprint density at radius 1 is 1.10 bits per heavy atom. The Morgan fingerprint density at radius 2 is 1.80 bits per heavy atom. The van der Waals surface area contributed by atoms with E-state index in [9.17, 15) is 0 Å². The molecule has 1 aliphatic rings. The Balaban J connectivity index is 2.10. The molecule has 20 heavy (non-hydrogen) atoms. The van der Waals surface area contributed by atoms with Crippen LogP contribution in [-0.2, 0) is 0 Å². The van der Waals surface area contributed by atoms with Gasteiger partial charge in [0, 0.05) is 6.04 Å². The maximum absolute atomic E-state index is 6.18. The van der Waals surface area contributed by atoms with Crippen molar-refractivity contribution in [3.05, 3.63) is 23.8 Å². The van der Waals surface area contributed by atoms with Crippen LogP contribution in [0, 0.1) is 0 Å². The third-order valence-corrected chi connectivity index (χ3v) is 4.22. The fourth-order valence-corrected chi connectivity index (χ4v) is 2.76. The Bertz CT molecular complexity index is 411. The van der Waals surface area contributed by atoms with Gasteiger partial charge in [0.05, 0.1) is 13.2 Å². The monoisotopic (exact) mass is 277 g/mol. The van der Waals surface area contributed by atoms with E-state index in [1.165, 1.54) is 31.2 Å². The Morgan fingerprint density at radius 3 is 2.40 bits per heavy atom. The molecule has 1 saturated carbocycles. The van der Waals surface area contributed by atoms with Gasteiger partial charge in [-0.15, -0.1) is 0 Å². The normalized spacial score (nSPS) is 18.4. The predicted molar refractivity (Wildman–Crippen MR) is 82.6 cm³/mol. The summed E-state index contributed by atoms with van der Waals surface area (Å²) >= 11 is 0.